The van der Waals surface area contributed by atoms with Gasteiger partial charge >= 0.3 is 0 Å². The van der Waals surface area contributed by atoms with Crippen LogP contribution in [0.2, 0.25) is 0 Å². The van der Waals surface area contributed by atoms with E-state index in [0.717, 1.165) is 25.7 Å². The normalized spacial score (nSPS) is 33.6. The van der Waals surface area contributed by atoms with Crippen molar-refractivity contribution in [3.8, 4) is 0 Å². The van der Waals surface area contributed by atoms with Crippen LogP contribution in [0.15, 0.2) is 0 Å². The Bertz CT molecular complexity index is 400. The molecule has 0 bridgehead atoms. The summed E-state index contributed by atoms with van der Waals surface area (Å²) < 4.78 is 0. The molecule has 0 aromatic heterocycles. The fourth-order valence-electron chi connectivity index (χ4n) is 3.41. The number of carbonyl (C=O) groups excluding carboxylic acids is 2. The third kappa shape index (κ3) is 3.57. The van der Waals surface area contributed by atoms with Gasteiger partial charge in [0.25, 0.3) is 0 Å². The van der Waals surface area contributed by atoms with Crippen LogP contribution in [0.3, 0.4) is 0 Å². The maximum absolute atomic E-state index is 12.5. The highest BCUT2D eigenvalue weighted by molar-refractivity contribution is 5.89. The Kier molecular flexibility index (Phi) is 4.91. The molecule has 120 valence electrons. The maximum Gasteiger partial charge on any atom is 0.225 e. The van der Waals surface area contributed by atoms with Crippen molar-refractivity contribution >= 4 is 11.8 Å². The molecule has 5 nitrogen and oxygen atoms in total. The molecule has 1 saturated heterocycles. The number of likely N-dealkylation sites (tertiary alicyclic amines) is 1. The molecule has 1 heterocycles. The summed E-state index contributed by atoms with van der Waals surface area (Å²) in [7, 11) is 0. The van der Waals surface area contributed by atoms with E-state index < -0.39 is 5.54 Å². The topological polar surface area (TPSA) is 69.6 Å². The van der Waals surface area contributed by atoms with Gasteiger partial charge < -0.3 is 15.3 Å². The number of hydrogen-bond donors (Lipinski definition) is 2. The number of rotatable bonds is 4. The summed E-state index contributed by atoms with van der Waals surface area (Å²) in [4.78, 5) is 26.1. The Morgan fingerprint density at radius 3 is 2.52 bits per heavy atom. The van der Waals surface area contributed by atoms with Crippen molar-refractivity contribution in [3.05, 3.63) is 0 Å². The van der Waals surface area contributed by atoms with Crippen LogP contribution < -0.4 is 5.32 Å². The van der Waals surface area contributed by atoms with E-state index in [0.29, 0.717) is 18.9 Å². The molecule has 0 aromatic rings. The predicted molar refractivity (Wildman–Crippen MR) is 80.5 cm³/mol. The lowest BCUT2D eigenvalue weighted by Gasteiger charge is -2.39. The van der Waals surface area contributed by atoms with Gasteiger partial charge in [-0.05, 0) is 45.4 Å². The monoisotopic (exact) mass is 296 g/mol. The van der Waals surface area contributed by atoms with Gasteiger partial charge in [-0.15, -0.1) is 0 Å². The van der Waals surface area contributed by atoms with Crippen LogP contribution in [0.4, 0.5) is 0 Å². The Labute approximate surface area is 127 Å². The molecule has 1 aliphatic heterocycles. The molecule has 0 radical (unpaired) electrons. The van der Waals surface area contributed by atoms with Crippen molar-refractivity contribution in [1.82, 2.24) is 10.2 Å². The standard InChI is InChI=1S/C16H28N2O3/c1-11(2)18-9-13(8-14(18)20)15(21)17-16(10-19)6-4-12(3)5-7-16/h11-13,19H,4-10H2,1-3H3,(H,17,21). The second kappa shape index (κ2) is 6.34. The fourth-order valence-corrected chi connectivity index (χ4v) is 3.41. The summed E-state index contributed by atoms with van der Waals surface area (Å²) in [6, 6.07) is 0.137. The van der Waals surface area contributed by atoms with Crippen molar-refractivity contribution in [2.75, 3.05) is 13.2 Å². The molecular formula is C16H28N2O3. The molecule has 2 aliphatic rings. The third-order valence-electron chi connectivity index (χ3n) is 5.07. The molecule has 1 aliphatic carbocycles. The summed E-state index contributed by atoms with van der Waals surface area (Å²) in [5, 5.41) is 12.8. The van der Waals surface area contributed by atoms with E-state index in [1.165, 1.54) is 0 Å². The van der Waals surface area contributed by atoms with E-state index in [9.17, 15) is 14.7 Å². The number of amides is 2. The van der Waals surface area contributed by atoms with Crippen molar-refractivity contribution in [2.24, 2.45) is 11.8 Å². The molecule has 0 spiro atoms. The van der Waals surface area contributed by atoms with E-state index in [1.54, 1.807) is 4.90 Å². The van der Waals surface area contributed by atoms with Gasteiger partial charge in [-0.25, -0.2) is 0 Å². The van der Waals surface area contributed by atoms with Gasteiger partial charge in [-0.3, -0.25) is 9.59 Å². The van der Waals surface area contributed by atoms with Crippen molar-refractivity contribution in [1.29, 1.82) is 0 Å². The van der Waals surface area contributed by atoms with Crippen LogP contribution in [-0.4, -0.2) is 46.6 Å². The lowest BCUT2D eigenvalue weighted by atomic mass is 9.77. The molecule has 0 aromatic carbocycles. The van der Waals surface area contributed by atoms with Gasteiger partial charge in [0, 0.05) is 19.0 Å². The van der Waals surface area contributed by atoms with Gasteiger partial charge in [-0.1, -0.05) is 6.92 Å². The molecule has 1 unspecified atom stereocenters. The highest BCUT2D eigenvalue weighted by Gasteiger charge is 2.40. The first kappa shape index (κ1) is 16.3. The zero-order valence-corrected chi connectivity index (χ0v) is 13.4. The number of nitrogens with zero attached hydrogens (tertiary/aromatic N) is 1. The van der Waals surface area contributed by atoms with E-state index in [2.05, 4.69) is 12.2 Å². The van der Waals surface area contributed by atoms with E-state index in [1.807, 2.05) is 13.8 Å². The number of nitrogens with one attached hydrogen (secondary N) is 1. The molecule has 21 heavy (non-hydrogen) atoms. The fraction of sp³-hybridized carbons (Fsp3) is 0.875. The van der Waals surface area contributed by atoms with Gasteiger partial charge in [0.05, 0.1) is 18.1 Å². The highest BCUT2D eigenvalue weighted by atomic mass is 16.3. The van der Waals surface area contributed by atoms with Crippen LogP contribution in [-0.2, 0) is 9.59 Å². The Morgan fingerprint density at radius 1 is 1.43 bits per heavy atom. The summed E-state index contributed by atoms with van der Waals surface area (Å²) in [6.07, 6.45) is 4.00. The smallest absolute Gasteiger partial charge is 0.225 e. The van der Waals surface area contributed by atoms with Gasteiger partial charge in [0.1, 0.15) is 0 Å². The summed E-state index contributed by atoms with van der Waals surface area (Å²) >= 11 is 0. The lowest BCUT2D eigenvalue weighted by molar-refractivity contribution is -0.130. The van der Waals surface area contributed by atoms with Crippen LogP contribution in [0.25, 0.3) is 0 Å². The summed E-state index contributed by atoms with van der Waals surface area (Å²) in [5.74, 6) is 0.365. The maximum atomic E-state index is 12.5. The zero-order valence-electron chi connectivity index (χ0n) is 13.4. The number of carbonyl (C=O) groups is 2. The summed E-state index contributed by atoms with van der Waals surface area (Å²) in [5.41, 5.74) is -0.474. The molecule has 2 amide bonds. The molecule has 1 saturated carbocycles. The van der Waals surface area contributed by atoms with Gasteiger partial charge in [0.15, 0.2) is 0 Å². The van der Waals surface area contributed by atoms with E-state index >= 15 is 0 Å². The number of aliphatic hydroxyl groups excluding tert-OH is 1. The van der Waals surface area contributed by atoms with Crippen LogP contribution in [0.1, 0.15) is 52.9 Å². The first-order valence-corrected chi connectivity index (χ1v) is 8.09. The summed E-state index contributed by atoms with van der Waals surface area (Å²) in [6.45, 7) is 6.63. The number of hydrogen-bond acceptors (Lipinski definition) is 3. The average Bonchev–Trinajstić information content (AvgIpc) is 2.84. The largest absolute Gasteiger partial charge is 0.394 e. The van der Waals surface area contributed by atoms with Crippen molar-refractivity contribution < 1.29 is 14.7 Å². The average molecular weight is 296 g/mol. The van der Waals surface area contributed by atoms with E-state index in [4.69, 9.17) is 0 Å². The minimum absolute atomic E-state index is 0.0139. The molecule has 1 atom stereocenters. The second-order valence-electron chi connectivity index (χ2n) is 7.15. The first-order chi connectivity index (χ1) is 9.87. The van der Waals surface area contributed by atoms with Crippen LogP contribution in [0, 0.1) is 11.8 Å². The minimum atomic E-state index is -0.474. The van der Waals surface area contributed by atoms with Crippen molar-refractivity contribution in [2.45, 2.75) is 64.5 Å². The van der Waals surface area contributed by atoms with Crippen LogP contribution >= 0.6 is 0 Å². The molecule has 5 heteroatoms. The quantitative estimate of drug-likeness (QED) is 0.821. The molecule has 2 rings (SSSR count). The molecular weight excluding hydrogens is 268 g/mol. The third-order valence-corrected chi connectivity index (χ3v) is 5.07. The zero-order chi connectivity index (χ0) is 15.6. The van der Waals surface area contributed by atoms with Gasteiger partial charge in [-0.2, -0.15) is 0 Å². The highest BCUT2D eigenvalue weighted by Crippen LogP contribution is 2.32. The first-order valence-electron chi connectivity index (χ1n) is 8.09. The van der Waals surface area contributed by atoms with Crippen molar-refractivity contribution in [3.63, 3.8) is 0 Å². The number of aliphatic hydroxyl groups is 1. The van der Waals surface area contributed by atoms with Crippen LogP contribution in [0.5, 0.6) is 0 Å². The van der Waals surface area contributed by atoms with Gasteiger partial charge in [0.2, 0.25) is 11.8 Å². The Morgan fingerprint density at radius 2 is 2.05 bits per heavy atom. The Balaban J connectivity index is 1.96. The Hall–Kier alpha value is -1.10. The molecule has 2 N–H and O–H groups in total. The SMILES string of the molecule is CC1CCC(CO)(NC(=O)C2CC(=O)N(C(C)C)C2)CC1. The lowest BCUT2D eigenvalue weighted by Crippen LogP contribution is -2.55. The van der Waals surface area contributed by atoms with E-state index in [-0.39, 0.29) is 30.4 Å². The second-order valence-corrected chi connectivity index (χ2v) is 7.15. The molecule has 2 fully saturated rings. The predicted octanol–water partition coefficient (Wildman–Crippen LogP) is 1.30. The minimum Gasteiger partial charge on any atom is -0.394 e.